The van der Waals surface area contributed by atoms with Crippen LogP contribution in [0.25, 0.3) is 0 Å². The van der Waals surface area contributed by atoms with Gasteiger partial charge in [0.15, 0.2) is 11.6 Å². The highest BCUT2D eigenvalue weighted by Gasteiger charge is 2.35. The van der Waals surface area contributed by atoms with E-state index in [1.54, 1.807) is 32.2 Å². The fraction of sp³-hybridized carbons (Fsp3) is 0.632. The summed E-state index contributed by atoms with van der Waals surface area (Å²) in [6, 6.07) is 5.08. The zero-order chi connectivity index (χ0) is 18.4. The Morgan fingerprint density at radius 1 is 1.36 bits per heavy atom. The SMILES string of the molecule is COc1ccc(CN2CCC[C@@](CCC(=O)N(C)C)(OC)C2)cc1F. The maximum atomic E-state index is 13.9. The average Bonchev–Trinajstić information content (AvgIpc) is 2.60. The van der Waals surface area contributed by atoms with Gasteiger partial charge in [0, 0.05) is 40.7 Å². The smallest absolute Gasteiger partial charge is 0.222 e. The Kier molecular flexibility index (Phi) is 6.79. The summed E-state index contributed by atoms with van der Waals surface area (Å²) in [7, 11) is 6.72. The fourth-order valence-electron chi connectivity index (χ4n) is 3.42. The van der Waals surface area contributed by atoms with E-state index in [2.05, 4.69) is 4.90 Å². The standard InChI is InChI=1S/C19H29FN2O3/c1-21(2)18(23)8-10-19(25-4)9-5-11-22(14-19)13-15-6-7-17(24-3)16(20)12-15/h6-7,12H,5,8-11,13-14H2,1-4H3/t19-/m0/s1. The summed E-state index contributed by atoms with van der Waals surface area (Å²) >= 11 is 0. The molecule has 140 valence electrons. The van der Waals surface area contributed by atoms with Crippen LogP contribution in [-0.2, 0) is 16.1 Å². The van der Waals surface area contributed by atoms with Gasteiger partial charge in [0.05, 0.1) is 12.7 Å². The molecule has 1 saturated heterocycles. The summed E-state index contributed by atoms with van der Waals surface area (Å²) in [5.74, 6) is 0.0354. The van der Waals surface area contributed by atoms with Crippen LogP contribution in [-0.4, -0.2) is 62.7 Å². The van der Waals surface area contributed by atoms with Gasteiger partial charge in [0.2, 0.25) is 5.91 Å². The second-order valence-electron chi connectivity index (χ2n) is 6.96. The molecule has 25 heavy (non-hydrogen) atoms. The van der Waals surface area contributed by atoms with E-state index in [0.717, 1.165) is 31.5 Å². The minimum absolute atomic E-state index is 0.116. The van der Waals surface area contributed by atoms with Crippen molar-refractivity contribution in [1.29, 1.82) is 0 Å². The highest BCUT2D eigenvalue weighted by Crippen LogP contribution is 2.30. The second kappa shape index (κ2) is 8.63. The first-order valence-electron chi connectivity index (χ1n) is 8.69. The molecule has 6 heteroatoms. The number of amides is 1. The van der Waals surface area contributed by atoms with E-state index in [-0.39, 0.29) is 23.1 Å². The van der Waals surface area contributed by atoms with Crippen molar-refractivity contribution < 1.29 is 18.7 Å². The lowest BCUT2D eigenvalue weighted by Gasteiger charge is -2.42. The van der Waals surface area contributed by atoms with Gasteiger partial charge in [-0.3, -0.25) is 9.69 Å². The number of hydrogen-bond acceptors (Lipinski definition) is 4. The summed E-state index contributed by atoms with van der Waals surface area (Å²) in [4.78, 5) is 15.8. The van der Waals surface area contributed by atoms with Crippen LogP contribution < -0.4 is 4.74 Å². The molecule has 1 aliphatic rings. The predicted molar refractivity (Wildman–Crippen MR) is 95.1 cm³/mol. The third-order valence-electron chi connectivity index (χ3n) is 4.97. The number of piperidine rings is 1. The first-order valence-corrected chi connectivity index (χ1v) is 8.69. The molecule has 1 aliphatic heterocycles. The van der Waals surface area contributed by atoms with E-state index in [1.807, 2.05) is 6.07 Å². The Morgan fingerprint density at radius 3 is 2.72 bits per heavy atom. The van der Waals surface area contributed by atoms with Crippen LogP contribution in [0.5, 0.6) is 5.75 Å². The minimum Gasteiger partial charge on any atom is -0.494 e. The lowest BCUT2D eigenvalue weighted by molar-refractivity contribution is -0.132. The Hall–Kier alpha value is -1.66. The van der Waals surface area contributed by atoms with Gasteiger partial charge in [-0.2, -0.15) is 0 Å². The number of halogens is 1. The quantitative estimate of drug-likeness (QED) is 0.757. The van der Waals surface area contributed by atoms with Crippen molar-refractivity contribution in [2.24, 2.45) is 0 Å². The van der Waals surface area contributed by atoms with Crippen molar-refractivity contribution in [3.05, 3.63) is 29.6 Å². The molecule has 1 fully saturated rings. The van der Waals surface area contributed by atoms with E-state index in [0.29, 0.717) is 19.4 Å². The van der Waals surface area contributed by atoms with E-state index >= 15 is 0 Å². The van der Waals surface area contributed by atoms with Crippen molar-refractivity contribution in [2.45, 2.75) is 37.8 Å². The van der Waals surface area contributed by atoms with Gasteiger partial charge in [-0.05, 0) is 43.5 Å². The molecule has 1 aromatic carbocycles. The number of ether oxygens (including phenoxy) is 2. The largest absolute Gasteiger partial charge is 0.494 e. The van der Waals surface area contributed by atoms with Crippen LogP contribution in [0.3, 0.4) is 0 Å². The van der Waals surface area contributed by atoms with E-state index < -0.39 is 0 Å². The molecular formula is C19H29FN2O3. The maximum Gasteiger partial charge on any atom is 0.222 e. The lowest BCUT2D eigenvalue weighted by Crippen LogP contribution is -2.49. The number of methoxy groups -OCH3 is 2. The number of nitrogens with zero attached hydrogens (tertiary/aromatic N) is 2. The Labute approximate surface area is 149 Å². The van der Waals surface area contributed by atoms with Gasteiger partial charge in [0.1, 0.15) is 0 Å². The van der Waals surface area contributed by atoms with Crippen molar-refractivity contribution in [2.75, 3.05) is 41.4 Å². The molecule has 0 spiro atoms. The predicted octanol–water partition coefficient (Wildman–Crippen LogP) is 2.68. The van der Waals surface area contributed by atoms with Crippen molar-refractivity contribution in [1.82, 2.24) is 9.80 Å². The molecule has 1 atom stereocenters. The summed E-state index contributed by atoms with van der Waals surface area (Å²) < 4.78 is 24.7. The molecule has 5 nitrogen and oxygen atoms in total. The van der Waals surface area contributed by atoms with Gasteiger partial charge < -0.3 is 14.4 Å². The van der Waals surface area contributed by atoms with Crippen molar-refractivity contribution in [3.8, 4) is 5.75 Å². The Bertz CT molecular complexity index is 594. The Morgan fingerprint density at radius 2 is 2.12 bits per heavy atom. The van der Waals surface area contributed by atoms with Crippen LogP contribution in [0.2, 0.25) is 0 Å². The average molecular weight is 352 g/mol. The topological polar surface area (TPSA) is 42.0 Å². The first-order chi connectivity index (χ1) is 11.9. The molecule has 0 radical (unpaired) electrons. The zero-order valence-electron chi connectivity index (χ0n) is 15.7. The zero-order valence-corrected chi connectivity index (χ0v) is 15.7. The molecule has 1 heterocycles. The molecule has 1 amide bonds. The van der Waals surface area contributed by atoms with E-state index in [9.17, 15) is 9.18 Å². The lowest BCUT2D eigenvalue weighted by atomic mass is 9.87. The highest BCUT2D eigenvalue weighted by atomic mass is 19.1. The number of carbonyl (C=O) groups excluding carboxylic acids is 1. The van der Waals surface area contributed by atoms with E-state index in [4.69, 9.17) is 9.47 Å². The van der Waals surface area contributed by atoms with E-state index in [1.165, 1.54) is 13.2 Å². The van der Waals surface area contributed by atoms with Gasteiger partial charge in [0.25, 0.3) is 0 Å². The van der Waals surface area contributed by atoms with Crippen LogP contribution in [0.1, 0.15) is 31.2 Å². The summed E-state index contributed by atoms with van der Waals surface area (Å²) in [5.41, 5.74) is 0.601. The molecule has 1 aromatic rings. The van der Waals surface area contributed by atoms with Gasteiger partial charge in [-0.25, -0.2) is 4.39 Å². The van der Waals surface area contributed by atoms with Gasteiger partial charge in [-0.1, -0.05) is 6.07 Å². The van der Waals surface area contributed by atoms with Crippen molar-refractivity contribution >= 4 is 5.91 Å². The van der Waals surface area contributed by atoms with Crippen LogP contribution >= 0.6 is 0 Å². The molecular weight excluding hydrogens is 323 g/mol. The van der Waals surface area contributed by atoms with Crippen LogP contribution in [0.15, 0.2) is 18.2 Å². The third kappa shape index (κ3) is 5.16. The summed E-state index contributed by atoms with van der Waals surface area (Å²) in [6.45, 7) is 2.35. The molecule has 0 saturated carbocycles. The van der Waals surface area contributed by atoms with Gasteiger partial charge >= 0.3 is 0 Å². The number of hydrogen-bond donors (Lipinski definition) is 0. The highest BCUT2D eigenvalue weighted by molar-refractivity contribution is 5.75. The normalized spacial score (nSPS) is 21.2. The molecule has 0 bridgehead atoms. The van der Waals surface area contributed by atoms with Crippen molar-refractivity contribution in [3.63, 3.8) is 0 Å². The number of benzene rings is 1. The molecule has 2 rings (SSSR count). The number of likely N-dealkylation sites (tertiary alicyclic amines) is 1. The first kappa shape index (κ1) is 19.7. The Balaban J connectivity index is 2.00. The molecule has 0 N–H and O–H groups in total. The number of carbonyl (C=O) groups is 1. The molecule has 0 aliphatic carbocycles. The second-order valence-corrected chi connectivity index (χ2v) is 6.96. The number of rotatable bonds is 7. The minimum atomic E-state index is -0.341. The van der Waals surface area contributed by atoms with Gasteiger partial charge in [-0.15, -0.1) is 0 Å². The molecule has 0 aromatic heterocycles. The molecule has 0 unspecified atom stereocenters. The monoisotopic (exact) mass is 352 g/mol. The maximum absolute atomic E-state index is 13.9. The fourth-order valence-corrected chi connectivity index (χ4v) is 3.42. The van der Waals surface area contributed by atoms with Crippen LogP contribution in [0, 0.1) is 5.82 Å². The van der Waals surface area contributed by atoms with Crippen LogP contribution in [0.4, 0.5) is 4.39 Å². The third-order valence-corrected chi connectivity index (χ3v) is 4.97. The summed E-state index contributed by atoms with van der Waals surface area (Å²) in [6.07, 6.45) is 3.13. The summed E-state index contributed by atoms with van der Waals surface area (Å²) in [5, 5.41) is 0.